The molecule has 1 spiro atoms. The minimum absolute atomic E-state index is 0.0939. The Hall–Kier alpha value is -1.38. The lowest BCUT2D eigenvalue weighted by Crippen LogP contribution is -2.39. The summed E-state index contributed by atoms with van der Waals surface area (Å²) in [6, 6.07) is 5.27. The molecule has 2 heterocycles. The number of benzene rings is 1. The molecule has 120 valence electrons. The topological polar surface area (TPSA) is 69.3 Å². The summed E-state index contributed by atoms with van der Waals surface area (Å²) in [6.07, 6.45) is -0.594. The van der Waals surface area contributed by atoms with Crippen LogP contribution in [0.15, 0.2) is 27.7 Å². The molecule has 8 heteroatoms. The molecule has 2 atom stereocenters. The lowest BCUT2D eigenvalue weighted by molar-refractivity contribution is -0.204. The number of nitrogens with two attached hydrogens (primary N) is 1. The first-order chi connectivity index (χ1) is 10.5. The van der Waals surface area contributed by atoms with E-state index in [1.807, 2.05) is 0 Å². The monoisotopic (exact) mass is 373 g/mol. The van der Waals surface area contributed by atoms with Crippen LogP contribution in [-0.4, -0.2) is 37.6 Å². The number of hydrogen-bond acceptors (Lipinski definition) is 6. The Bertz CT molecular complexity index is 601. The lowest BCUT2D eigenvalue weighted by atomic mass is 9.94. The van der Waals surface area contributed by atoms with Crippen molar-refractivity contribution < 1.29 is 18.7 Å². The van der Waals surface area contributed by atoms with Crippen molar-refractivity contribution in [2.24, 2.45) is 10.7 Å². The molecule has 0 saturated heterocycles. The quantitative estimate of drug-likeness (QED) is 0.755. The third-order valence-electron chi connectivity index (χ3n) is 3.68. The fraction of sp³-hybridized carbons (Fsp3) is 0.500. The molecule has 3 rings (SSSR count). The number of hydroxylamine groups is 2. The van der Waals surface area contributed by atoms with Gasteiger partial charge in [-0.2, -0.15) is 0 Å². The Morgan fingerprint density at radius 1 is 1.50 bits per heavy atom. The summed E-state index contributed by atoms with van der Waals surface area (Å²) >= 11 is 3.39. The van der Waals surface area contributed by atoms with E-state index in [1.165, 1.54) is 5.06 Å². The van der Waals surface area contributed by atoms with Crippen LogP contribution in [-0.2, 0) is 15.3 Å². The summed E-state index contributed by atoms with van der Waals surface area (Å²) in [7, 11) is 1.60. The first-order valence-corrected chi connectivity index (χ1v) is 7.75. The SMILES string of the molecule is CN1OC2(N=C1N)c1cc(Br)ccc1OCOCCCC2F. The van der Waals surface area contributed by atoms with Crippen molar-refractivity contribution in [2.45, 2.75) is 24.7 Å². The Morgan fingerprint density at radius 3 is 3.05 bits per heavy atom. The van der Waals surface area contributed by atoms with Crippen LogP contribution in [0, 0.1) is 0 Å². The van der Waals surface area contributed by atoms with Crippen LogP contribution < -0.4 is 10.5 Å². The molecule has 0 amide bonds. The van der Waals surface area contributed by atoms with Crippen LogP contribution in [0.1, 0.15) is 18.4 Å². The molecule has 22 heavy (non-hydrogen) atoms. The standard InChI is InChI=1S/C14H17BrFN3O3/c1-19-13(17)18-14(22-19)10-7-9(15)4-5-11(10)21-8-20-6-2-3-12(14)16/h4-5,7,12H,2-3,6,8H2,1H3,(H2,17,18). The summed E-state index contributed by atoms with van der Waals surface area (Å²) in [5.41, 5.74) is 4.75. The average Bonchev–Trinajstić information content (AvgIpc) is 2.79. The number of aliphatic imine (C=N–C) groups is 1. The Balaban J connectivity index is 2.14. The molecule has 0 aromatic heterocycles. The Labute approximate surface area is 136 Å². The molecule has 2 aliphatic heterocycles. The Morgan fingerprint density at radius 2 is 2.32 bits per heavy atom. The van der Waals surface area contributed by atoms with E-state index in [0.717, 1.165) is 4.47 Å². The maximum absolute atomic E-state index is 15.0. The highest BCUT2D eigenvalue weighted by Gasteiger charge is 2.50. The highest BCUT2D eigenvalue weighted by molar-refractivity contribution is 9.10. The summed E-state index contributed by atoms with van der Waals surface area (Å²) < 4.78 is 26.7. The maximum Gasteiger partial charge on any atom is 0.248 e. The van der Waals surface area contributed by atoms with E-state index in [4.69, 9.17) is 20.0 Å². The van der Waals surface area contributed by atoms with E-state index in [9.17, 15) is 0 Å². The molecule has 0 fully saturated rings. The van der Waals surface area contributed by atoms with Gasteiger partial charge >= 0.3 is 0 Å². The van der Waals surface area contributed by atoms with Gasteiger partial charge in [-0.15, -0.1) is 0 Å². The van der Waals surface area contributed by atoms with Crippen molar-refractivity contribution in [3.8, 4) is 5.75 Å². The summed E-state index contributed by atoms with van der Waals surface area (Å²) in [5.74, 6) is 0.585. The summed E-state index contributed by atoms with van der Waals surface area (Å²) in [6.45, 7) is 0.508. The number of alkyl halides is 1. The normalized spacial score (nSPS) is 29.0. The molecule has 0 bridgehead atoms. The van der Waals surface area contributed by atoms with Crippen LogP contribution in [0.4, 0.5) is 4.39 Å². The minimum Gasteiger partial charge on any atom is -0.467 e. The van der Waals surface area contributed by atoms with E-state index in [1.54, 1.807) is 25.2 Å². The van der Waals surface area contributed by atoms with Gasteiger partial charge < -0.3 is 15.2 Å². The zero-order chi connectivity index (χ0) is 15.7. The molecule has 2 unspecified atom stereocenters. The average molecular weight is 374 g/mol. The zero-order valence-corrected chi connectivity index (χ0v) is 13.7. The second kappa shape index (κ2) is 6.02. The van der Waals surface area contributed by atoms with Gasteiger partial charge in [-0.3, -0.25) is 0 Å². The third-order valence-corrected chi connectivity index (χ3v) is 4.17. The van der Waals surface area contributed by atoms with Crippen molar-refractivity contribution in [2.75, 3.05) is 20.4 Å². The smallest absolute Gasteiger partial charge is 0.248 e. The first kappa shape index (κ1) is 15.5. The molecule has 0 radical (unpaired) electrons. The largest absolute Gasteiger partial charge is 0.467 e. The van der Waals surface area contributed by atoms with Crippen LogP contribution in [0.2, 0.25) is 0 Å². The number of guanidine groups is 1. The zero-order valence-electron chi connectivity index (χ0n) is 12.1. The van der Waals surface area contributed by atoms with Crippen LogP contribution in [0.3, 0.4) is 0 Å². The molecule has 1 aromatic rings. The number of hydrogen-bond donors (Lipinski definition) is 1. The number of nitrogens with zero attached hydrogens (tertiary/aromatic N) is 2. The minimum atomic E-state index is -1.53. The van der Waals surface area contributed by atoms with Crippen LogP contribution in [0.25, 0.3) is 0 Å². The van der Waals surface area contributed by atoms with E-state index in [0.29, 0.717) is 24.3 Å². The van der Waals surface area contributed by atoms with E-state index in [-0.39, 0.29) is 19.2 Å². The van der Waals surface area contributed by atoms with Gasteiger partial charge in [0.1, 0.15) is 5.75 Å². The number of fused-ring (bicyclic) bond motifs is 2. The summed E-state index contributed by atoms with van der Waals surface area (Å²) in [4.78, 5) is 10.00. The Kier molecular flexibility index (Phi) is 4.24. The first-order valence-electron chi connectivity index (χ1n) is 6.96. The molecule has 0 aliphatic carbocycles. The fourth-order valence-corrected chi connectivity index (χ4v) is 2.92. The molecule has 1 aromatic carbocycles. The second-order valence-electron chi connectivity index (χ2n) is 5.18. The summed E-state index contributed by atoms with van der Waals surface area (Å²) in [5, 5.41) is 1.28. The lowest BCUT2D eigenvalue weighted by Gasteiger charge is -2.31. The van der Waals surface area contributed by atoms with E-state index in [2.05, 4.69) is 20.9 Å². The second-order valence-corrected chi connectivity index (χ2v) is 6.09. The molecule has 6 nitrogen and oxygen atoms in total. The van der Waals surface area contributed by atoms with Crippen molar-refractivity contribution in [3.05, 3.63) is 28.2 Å². The molecular formula is C14H17BrFN3O3. The number of halogens is 2. The predicted molar refractivity (Wildman–Crippen MR) is 81.9 cm³/mol. The van der Waals surface area contributed by atoms with Crippen molar-refractivity contribution in [3.63, 3.8) is 0 Å². The highest BCUT2D eigenvalue weighted by Crippen LogP contribution is 2.44. The highest BCUT2D eigenvalue weighted by atomic mass is 79.9. The van der Waals surface area contributed by atoms with Gasteiger partial charge in [0.05, 0.1) is 12.2 Å². The molecule has 2 N–H and O–H groups in total. The fourth-order valence-electron chi connectivity index (χ4n) is 2.55. The van der Waals surface area contributed by atoms with Gasteiger partial charge in [-0.25, -0.2) is 19.3 Å². The van der Waals surface area contributed by atoms with Crippen molar-refractivity contribution in [1.29, 1.82) is 0 Å². The van der Waals surface area contributed by atoms with Gasteiger partial charge in [0, 0.05) is 11.5 Å². The molecule has 2 aliphatic rings. The number of rotatable bonds is 0. The van der Waals surface area contributed by atoms with Crippen LogP contribution in [0.5, 0.6) is 5.75 Å². The van der Waals surface area contributed by atoms with Gasteiger partial charge in [0.2, 0.25) is 11.7 Å². The predicted octanol–water partition coefficient (Wildman–Crippen LogP) is 2.28. The van der Waals surface area contributed by atoms with Crippen molar-refractivity contribution in [1.82, 2.24) is 5.06 Å². The van der Waals surface area contributed by atoms with Crippen LogP contribution >= 0.6 is 15.9 Å². The van der Waals surface area contributed by atoms with Gasteiger partial charge in [-0.05, 0) is 31.0 Å². The number of ether oxygens (including phenoxy) is 2. The molecule has 0 saturated carbocycles. The maximum atomic E-state index is 15.0. The third kappa shape index (κ3) is 2.66. The van der Waals surface area contributed by atoms with Gasteiger partial charge in [-0.1, -0.05) is 15.9 Å². The van der Waals surface area contributed by atoms with Crippen molar-refractivity contribution >= 4 is 21.9 Å². The van der Waals surface area contributed by atoms with E-state index < -0.39 is 11.9 Å². The van der Waals surface area contributed by atoms with Gasteiger partial charge in [0.15, 0.2) is 13.0 Å². The van der Waals surface area contributed by atoms with E-state index >= 15 is 4.39 Å². The molecular weight excluding hydrogens is 357 g/mol. The van der Waals surface area contributed by atoms with Gasteiger partial charge in [0.25, 0.3) is 0 Å².